The molecule has 0 aliphatic carbocycles. The molecule has 0 spiro atoms. The van der Waals surface area contributed by atoms with Crippen molar-refractivity contribution in [3.63, 3.8) is 0 Å². The molecule has 0 atom stereocenters. The van der Waals surface area contributed by atoms with Crippen molar-refractivity contribution < 1.29 is 8.83 Å². The van der Waals surface area contributed by atoms with E-state index in [4.69, 9.17) is 20.4 Å². The minimum atomic E-state index is 0.393. The van der Waals surface area contributed by atoms with E-state index >= 15 is 0 Å². The number of benzene rings is 1. The maximum absolute atomic E-state index is 5.97. The van der Waals surface area contributed by atoms with Crippen LogP contribution >= 0.6 is 33.2 Å². The van der Waals surface area contributed by atoms with Crippen LogP contribution in [0.15, 0.2) is 38.3 Å². The molecule has 0 aliphatic heterocycles. The van der Waals surface area contributed by atoms with Crippen molar-refractivity contribution >= 4 is 44.2 Å². The Bertz CT molecular complexity index is 757. The largest absolute Gasteiger partial charge is 0.451 e. The van der Waals surface area contributed by atoms with Crippen LogP contribution in [0.4, 0.5) is 0 Å². The third kappa shape index (κ3) is 3.80. The van der Waals surface area contributed by atoms with Crippen molar-refractivity contribution in [2.75, 3.05) is 5.75 Å². The fraction of sp³-hybridized carbons (Fsp3) is 0.333. The van der Waals surface area contributed by atoms with Gasteiger partial charge in [0.1, 0.15) is 5.58 Å². The zero-order chi connectivity index (χ0) is 15.4. The smallest absolute Gasteiger partial charge is 0.287 e. The Hall–Kier alpha value is -1.11. The van der Waals surface area contributed by atoms with Crippen molar-refractivity contribution in [1.82, 2.24) is 10.2 Å². The van der Waals surface area contributed by atoms with Gasteiger partial charge in [0.2, 0.25) is 0 Å². The van der Waals surface area contributed by atoms with E-state index in [2.05, 4.69) is 17.1 Å². The van der Waals surface area contributed by atoms with Crippen molar-refractivity contribution in [3.05, 3.63) is 29.3 Å². The molecule has 0 bridgehead atoms. The number of halogens is 1. The molecule has 2 heterocycles. The van der Waals surface area contributed by atoms with Crippen LogP contribution in [-0.4, -0.2) is 16.0 Å². The minimum Gasteiger partial charge on any atom is -0.451 e. The first-order chi connectivity index (χ1) is 10.8. The van der Waals surface area contributed by atoms with Gasteiger partial charge >= 0.3 is 0 Å². The topological polar surface area (TPSA) is 52.1 Å². The van der Waals surface area contributed by atoms with E-state index in [1.165, 1.54) is 30.1 Å². The third-order valence-corrected chi connectivity index (χ3v) is 5.45. The number of unbranched alkanes of at least 4 members (excludes halogenated alkanes) is 2. The molecular formula is C15H15ClN2O2S2. The molecule has 0 N–H and O–H groups in total. The molecule has 4 nitrogen and oxygen atoms in total. The summed E-state index contributed by atoms with van der Waals surface area (Å²) < 4.78 is 11.3. The summed E-state index contributed by atoms with van der Waals surface area (Å²) in [5.74, 6) is 2.04. The number of hydrogen-bond donors (Lipinski definition) is 0. The van der Waals surface area contributed by atoms with E-state index in [0.717, 1.165) is 16.7 Å². The second-order valence-electron chi connectivity index (χ2n) is 4.78. The Labute approximate surface area is 141 Å². The molecule has 1 aromatic carbocycles. The van der Waals surface area contributed by atoms with Crippen LogP contribution in [0.1, 0.15) is 26.2 Å². The maximum atomic E-state index is 5.97. The van der Waals surface area contributed by atoms with E-state index < -0.39 is 0 Å². The quantitative estimate of drug-likeness (QED) is 0.379. The summed E-state index contributed by atoms with van der Waals surface area (Å²) in [4.78, 5) is 0. The van der Waals surface area contributed by atoms with Crippen LogP contribution in [0.2, 0.25) is 5.02 Å². The minimum absolute atomic E-state index is 0.393. The summed E-state index contributed by atoms with van der Waals surface area (Å²) in [6.07, 6.45) is 3.69. The molecule has 116 valence electrons. The second kappa shape index (κ2) is 7.44. The molecule has 0 saturated heterocycles. The summed E-state index contributed by atoms with van der Waals surface area (Å²) in [5, 5.41) is 10.2. The zero-order valence-electron chi connectivity index (χ0n) is 12.0. The van der Waals surface area contributed by atoms with E-state index in [0.29, 0.717) is 21.9 Å². The number of aromatic nitrogens is 2. The summed E-state index contributed by atoms with van der Waals surface area (Å²) in [5.41, 5.74) is 0.751. The van der Waals surface area contributed by atoms with E-state index in [9.17, 15) is 0 Å². The van der Waals surface area contributed by atoms with Crippen LogP contribution in [0.3, 0.4) is 0 Å². The molecule has 7 heteroatoms. The zero-order valence-corrected chi connectivity index (χ0v) is 14.4. The van der Waals surface area contributed by atoms with Gasteiger partial charge in [0.25, 0.3) is 11.1 Å². The summed E-state index contributed by atoms with van der Waals surface area (Å²) in [6.45, 7) is 2.20. The highest BCUT2D eigenvalue weighted by atomic mass is 35.5. The van der Waals surface area contributed by atoms with Crippen LogP contribution in [0.25, 0.3) is 22.6 Å². The fourth-order valence-corrected chi connectivity index (χ4v) is 3.95. The van der Waals surface area contributed by atoms with Crippen LogP contribution < -0.4 is 0 Å². The summed E-state index contributed by atoms with van der Waals surface area (Å²) in [7, 11) is 3.24. The van der Waals surface area contributed by atoms with Crippen molar-refractivity contribution in [2.24, 2.45) is 0 Å². The molecule has 3 rings (SSSR count). The van der Waals surface area contributed by atoms with Gasteiger partial charge in [-0.2, -0.15) is 0 Å². The molecule has 0 aliphatic rings. The van der Waals surface area contributed by atoms with Gasteiger partial charge in [-0.1, -0.05) is 47.3 Å². The number of hydrogen-bond acceptors (Lipinski definition) is 6. The monoisotopic (exact) mass is 354 g/mol. The lowest BCUT2D eigenvalue weighted by molar-refractivity contribution is 0.453. The fourth-order valence-electron chi connectivity index (χ4n) is 1.97. The number of rotatable bonds is 7. The molecular weight excluding hydrogens is 340 g/mol. The standard InChI is InChI=1S/C15H15ClN2O2S2/c1-2-3-4-7-21-22-15-18-17-14(20-15)13-9-10-8-11(16)5-6-12(10)19-13/h5-6,8-9H,2-4,7H2,1H3. The average Bonchev–Trinajstić information content (AvgIpc) is 3.12. The maximum Gasteiger partial charge on any atom is 0.287 e. The number of furan rings is 1. The summed E-state index contributed by atoms with van der Waals surface area (Å²) >= 11 is 5.97. The molecule has 0 unspecified atom stereocenters. The van der Waals surface area contributed by atoms with Gasteiger partial charge in [-0.15, -0.1) is 5.10 Å². The molecule has 0 radical (unpaired) electrons. The van der Waals surface area contributed by atoms with Gasteiger partial charge in [-0.3, -0.25) is 0 Å². The van der Waals surface area contributed by atoms with Gasteiger partial charge < -0.3 is 8.83 Å². The summed E-state index contributed by atoms with van der Waals surface area (Å²) in [6, 6.07) is 7.33. The number of fused-ring (bicyclic) bond motifs is 1. The highest BCUT2D eigenvalue weighted by Gasteiger charge is 2.14. The van der Waals surface area contributed by atoms with E-state index in [1.807, 2.05) is 18.2 Å². The second-order valence-corrected chi connectivity index (χ2v) is 7.58. The Balaban J connectivity index is 1.67. The highest BCUT2D eigenvalue weighted by Crippen LogP contribution is 2.34. The molecule has 0 saturated carbocycles. The lowest BCUT2D eigenvalue weighted by Crippen LogP contribution is -1.76. The van der Waals surface area contributed by atoms with Gasteiger partial charge in [0, 0.05) is 27.0 Å². The number of nitrogens with zero attached hydrogens (tertiary/aromatic N) is 2. The predicted octanol–water partition coefficient (Wildman–Crippen LogP) is 6.07. The molecule has 22 heavy (non-hydrogen) atoms. The van der Waals surface area contributed by atoms with Crippen LogP contribution in [-0.2, 0) is 0 Å². The van der Waals surface area contributed by atoms with Crippen LogP contribution in [0, 0.1) is 0 Å². The van der Waals surface area contributed by atoms with Crippen LogP contribution in [0.5, 0.6) is 0 Å². The third-order valence-electron chi connectivity index (χ3n) is 3.06. The van der Waals surface area contributed by atoms with E-state index in [-0.39, 0.29) is 0 Å². The Morgan fingerprint density at radius 2 is 2.05 bits per heavy atom. The Morgan fingerprint density at radius 1 is 1.14 bits per heavy atom. The highest BCUT2D eigenvalue weighted by molar-refractivity contribution is 8.76. The lowest BCUT2D eigenvalue weighted by Gasteiger charge is -1.95. The first-order valence-electron chi connectivity index (χ1n) is 7.08. The van der Waals surface area contributed by atoms with Crippen molar-refractivity contribution in [1.29, 1.82) is 0 Å². The first-order valence-corrected chi connectivity index (χ1v) is 9.78. The average molecular weight is 355 g/mol. The van der Waals surface area contributed by atoms with Gasteiger partial charge in [0.15, 0.2) is 5.76 Å². The first kappa shape index (κ1) is 15.8. The molecule has 0 fully saturated rings. The van der Waals surface area contributed by atoms with Gasteiger partial charge in [-0.05, 0) is 30.7 Å². The predicted molar refractivity (Wildman–Crippen MR) is 92.4 cm³/mol. The Kier molecular flexibility index (Phi) is 5.33. The van der Waals surface area contributed by atoms with Gasteiger partial charge in [-0.25, -0.2) is 0 Å². The van der Waals surface area contributed by atoms with Crippen molar-refractivity contribution in [2.45, 2.75) is 31.4 Å². The Morgan fingerprint density at radius 3 is 2.91 bits per heavy atom. The normalized spacial score (nSPS) is 11.4. The van der Waals surface area contributed by atoms with Gasteiger partial charge in [0.05, 0.1) is 0 Å². The molecule has 0 amide bonds. The lowest BCUT2D eigenvalue weighted by atomic mass is 10.2. The SMILES string of the molecule is CCCCCSSc1nnc(-c2cc3cc(Cl)ccc3o2)o1. The van der Waals surface area contributed by atoms with Crippen molar-refractivity contribution in [3.8, 4) is 11.7 Å². The van der Waals surface area contributed by atoms with E-state index in [1.54, 1.807) is 16.9 Å². The molecule has 3 aromatic rings. The molecule has 2 aromatic heterocycles.